The number of nitrogens with two attached hydrogens (primary N) is 1. The van der Waals surface area contributed by atoms with E-state index < -0.39 is 0 Å². The number of hydrogen-bond acceptors (Lipinski definition) is 3. The van der Waals surface area contributed by atoms with Crippen molar-refractivity contribution in [1.29, 1.82) is 0 Å². The summed E-state index contributed by atoms with van der Waals surface area (Å²) in [7, 11) is 0. The summed E-state index contributed by atoms with van der Waals surface area (Å²) in [5.41, 5.74) is 5.81. The zero-order valence-corrected chi connectivity index (χ0v) is 10.1. The zero-order chi connectivity index (χ0) is 10.4. The molecular formula is C10H21ClN2O2. The third-order valence-corrected chi connectivity index (χ3v) is 2.57. The number of hydrogen-bond donors (Lipinski definition) is 2. The van der Waals surface area contributed by atoms with Crippen molar-refractivity contribution in [3.05, 3.63) is 0 Å². The van der Waals surface area contributed by atoms with Crippen LogP contribution in [0.15, 0.2) is 0 Å². The van der Waals surface area contributed by atoms with Gasteiger partial charge in [0.25, 0.3) is 0 Å². The van der Waals surface area contributed by atoms with Crippen LogP contribution in [0.2, 0.25) is 0 Å². The van der Waals surface area contributed by atoms with Crippen molar-refractivity contribution in [2.24, 2.45) is 5.73 Å². The maximum Gasteiger partial charge on any atom is 0.246 e. The lowest BCUT2D eigenvalue weighted by molar-refractivity contribution is -0.126. The van der Waals surface area contributed by atoms with Gasteiger partial charge in [-0.25, -0.2) is 0 Å². The second-order valence-electron chi connectivity index (χ2n) is 4.05. The van der Waals surface area contributed by atoms with Crippen molar-refractivity contribution >= 4 is 18.3 Å². The fourth-order valence-corrected chi connectivity index (χ4v) is 1.44. The van der Waals surface area contributed by atoms with Crippen LogP contribution in [0, 0.1) is 0 Å². The van der Waals surface area contributed by atoms with Gasteiger partial charge in [-0.05, 0) is 25.7 Å². The number of halogens is 1. The summed E-state index contributed by atoms with van der Waals surface area (Å²) in [6.07, 6.45) is 4.15. The minimum atomic E-state index is -0.138. The van der Waals surface area contributed by atoms with Crippen LogP contribution in [0.1, 0.15) is 32.6 Å². The smallest absolute Gasteiger partial charge is 0.246 e. The van der Waals surface area contributed by atoms with Gasteiger partial charge >= 0.3 is 0 Å². The van der Waals surface area contributed by atoms with Crippen molar-refractivity contribution in [3.8, 4) is 0 Å². The molecule has 0 aromatic rings. The minimum Gasteiger partial charge on any atom is -0.372 e. The molecule has 0 aromatic heterocycles. The highest BCUT2D eigenvalue weighted by Crippen LogP contribution is 2.27. The topological polar surface area (TPSA) is 64.3 Å². The fourth-order valence-electron chi connectivity index (χ4n) is 1.44. The second-order valence-corrected chi connectivity index (χ2v) is 4.05. The van der Waals surface area contributed by atoms with E-state index >= 15 is 0 Å². The van der Waals surface area contributed by atoms with Gasteiger partial charge in [-0.3, -0.25) is 4.79 Å². The molecule has 0 heterocycles. The van der Waals surface area contributed by atoms with Crippen LogP contribution >= 0.6 is 12.4 Å². The highest BCUT2D eigenvalue weighted by Gasteiger charge is 2.32. The van der Waals surface area contributed by atoms with Gasteiger partial charge in [0.05, 0.1) is 0 Å². The summed E-state index contributed by atoms with van der Waals surface area (Å²) < 4.78 is 5.11. The number of nitrogens with one attached hydrogen (secondary N) is 1. The molecule has 1 fully saturated rings. The van der Waals surface area contributed by atoms with Gasteiger partial charge in [0, 0.05) is 18.7 Å². The van der Waals surface area contributed by atoms with E-state index in [2.05, 4.69) is 5.32 Å². The lowest BCUT2D eigenvalue weighted by atomic mass is 9.78. The number of amides is 1. The molecule has 0 atom stereocenters. The molecule has 1 aliphatic rings. The van der Waals surface area contributed by atoms with Crippen molar-refractivity contribution in [3.63, 3.8) is 0 Å². The lowest BCUT2D eigenvalue weighted by Gasteiger charge is -2.38. The second kappa shape index (κ2) is 7.04. The third-order valence-electron chi connectivity index (χ3n) is 2.57. The Morgan fingerprint density at radius 2 is 2.20 bits per heavy atom. The van der Waals surface area contributed by atoms with Gasteiger partial charge < -0.3 is 15.8 Å². The Bertz CT molecular complexity index is 196. The Labute approximate surface area is 97.3 Å². The molecule has 1 aliphatic carbocycles. The van der Waals surface area contributed by atoms with Gasteiger partial charge in [-0.15, -0.1) is 12.4 Å². The summed E-state index contributed by atoms with van der Waals surface area (Å²) in [5, 5.41) is 2.80. The largest absolute Gasteiger partial charge is 0.372 e. The molecule has 0 radical (unpaired) electrons. The first-order valence-electron chi connectivity index (χ1n) is 5.30. The minimum absolute atomic E-state index is 0. The van der Waals surface area contributed by atoms with Gasteiger partial charge in [-0.2, -0.15) is 0 Å². The molecule has 0 spiro atoms. The Kier molecular flexibility index (Phi) is 6.89. The average Bonchev–Trinajstić information content (AvgIpc) is 2.12. The maximum absolute atomic E-state index is 11.2. The summed E-state index contributed by atoms with van der Waals surface area (Å²) in [6.45, 7) is 3.40. The van der Waals surface area contributed by atoms with Gasteiger partial charge in [0.2, 0.25) is 5.91 Å². The molecule has 3 N–H and O–H groups in total. The van der Waals surface area contributed by atoms with Crippen molar-refractivity contribution < 1.29 is 9.53 Å². The predicted octanol–water partition coefficient (Wildman–Crippen LogP) is 0.832. The van der Waals surface area contributed by atoms with Crippen molar-refractivity contribution in [1.82, 2.24) is 5.32 Å². The first-order chi connectivity index (χ1) is 6.66. The number of rotatable bonds is 6. The Morgan fingerprint density at radius 3 is 2.67 bits per heavy atom. The van der Waals surface area contributed by atoms with E-state index in [1.807, 2.05) is 6.92 Å². The molecule has 15 heavy (non-hydrogen) atoms. The lowest BCUT2D eigenvalue weighted by Crippen LogP contribution is -2.55. The SMILES string of the molecule is CCCOCC(=O)NCC1(N)CCC1.Cl. The third kappa shape index (κ3) is 5.35. The molecule has 1 saturated carbocycles. The van der Waals surface area contributed by atoms with Crippen molar-refractivity contribution in [2.45, 2.75) is 38.1 Å². The van der Waals surface area contributed by atoms with Crippen LogP contribution < -0.4 is 11.1 Å². The molecule has 1 amide bonds. The highest BCUT2D eigenvalue weighted by molar-refractivity contribution is 5.85. The average molecular weight is 237 g/mol. The molecule has 0 bridgehead atoms. The summed E-state index contributed by atoms with van der Waals surface area (Å²) in [6, 6.07) is 0. The zero-order valence-electron chi connectivity index (χ0n) is 9.25. The summed E-state index contributed by atoms with van der Waals surface area (Å²) >= 11 is 0. The van der Waals surface area contributed by atoms with Crippen LogP contribution in [0.25, 0.3) is 0 Å². The molecule has 1 rings (SSSR count). The molecule has 0 aromatic carbocycles. The normalized spacial score (nSPS) is 17.5. The van der Waals surface area contributed by atoms with Gasteiger partial charge in [0.15, 0.2) is 0 Å². The van der Waals surface area contributed by atoms with E-state index in [9.17, 15) is 4.79 Å². The molecule has 0 unspecified atom stereocenters. The molecule has 0 aliphatic heterocycles. The van der Waals surface area contributed by atoms with E-state index in [1.54, 1.807) is 0 Å². The van der Waals surface area contributed by atoms with Crippen LogP contribution in [0.4, 0.5) is 0 Å². The van der Waals surface area contributed by atoms with Crippen LogP contribution in [0.3, 0.4) is 0 Å². The molecule has 5 heteroatoms. The van der Waals surface area contributed by atoms with E-state index in [-0.39, 0.29) is 30.5 Å². The Morgan fingerprint density at radius 1 is 1.53 bits per heavy atom. The predicted molar refractivity (Wildman–Crippen MR) is 62.1 cm³/mol. The maximum atomic E-state index is 11.2. The summed E-state index contributed by atoms with van der Waals surface area (Å²) in [4.78, 5) is 11.2. The molecule has 0 saturated heterocycles. The van der Waals surface area contributed by atoms with Crippen molar-refractivity contribution in [2.75, 3.05) is 19.8 Å². The van der Waals surface area contributed by atoms with E-state index in [0.29, 0.717) is 13.2 Å². The Balaban J connectivity index is 0.00000196. The molecular weight excluding hydrogens is 216 g/mol. The molecule has 90 valence electrons. The molecule has 4 nitrogen and oxygen atoms in total. The van der Waals surface area contributed by atoms with Gasteiger partial charge in [0.1, 0.15) is 6.61 Å². The van der Waals surface area contributed by atoms with Crippen LogP contribution in [0.5, 0.6) is 0 Å². The number of ether oxygens (including phenoxy) is 1. The van der Waals surface area contributed by atoms with E-state index in [0.717, 1.165) is 19.3 Å². The van der Waals surface area contributed by atoms with Crippen LogP contribution in [-0.4, -0.2) is 31.2 Å². The number of carbonyl (C=O) groups excluding carboxylic acids is 1. The van der Waals surface area contributed by atoms with Crippen LogP contribution in [-0.2, 0) is 9.53 Å². The first-order valence-corrected chi connectivity index (χ1v) is 5.30. The Hall–Kier alpha value is -0.320. The number of carbonyl (C=O) groups is 1. The quantitative estimate of drug-likeness (QED) is 0.672. The monoisotopic (exact) mass is 236 g/mol. The standard InChI is InChI=1S/C10H20N2O2.ClH/c1-2-6-14-7-9(13)12-8-10(11)4-3-5-10;/h2-8,11H2,1H3,(H,12,13);1H. The van der Waals surface area contributed by atoms with Gasteiger partial charge in [-0.1, -0.05) is 6.92 Å². The summed E-state index contributed by atoms with van der Waals surface area (Å²) in [5.74, 6) is -0.0600. The van der Waals surface area contributed by atoms with E-state index in [1.165, 1.54) is 6.42 Å². The first kappa shape index (κ1) is 14.7. The highest BCUT2D eigenvalue weighted by atomic mass is 35.5. The van der Waals surface area contributed by atoms with E-state index in [4.69, 9.17) is 10.5 Å². The fraction of sp³-hybridized carbons (Fsp3) is 0.900.